The van der Waals surface area contributed by atoms with Crippen LogP contribution in [0.5, 0.6) is 0 Å². The molecule has 288 valence electrons. The van der Waals surface area contributed by atoms with Crippen LogP contribution in [0.15, 0.2) is 0 Å². The lowest BCUT2D eigenvalue weighted by atomic mass is 9.72. The average molecular weight is 749 g/mol. The molecule has 4 rings (SSSR count). The Kier molecular flexibility index (Phi) is 11.1. The second-order valence-electron chi connectivity index (χ2n) is 14.6. The van der Waals surface area contributed by atoms with Crippen molar-refractivity contribution in [2.45, 2.75) is 127 Å². The van der Waals surface area contributed by atoms with Crippen molar-refractivity contribution in [3.05, 3.63) is 0 Å². The Hall–Kier alpha value is -1.66. The Labute approximate surface area is 272 Å². The Balaban J connectivity index is 0.000000284. The van der Waals surface area contributed by atoms with Crippen LogP contribution in [0.3, 0.4) is 0 Å². The first-order valence-electron chi connectivity index (χ1n) is 15.7. The molecule has 0 aliphatic heterocycles. The van der Waals surface area contributed by atoms with Crippen LogP contribution >= 0.6 is 0 Å². The van der Waals surface area contributed by atoms with Gasteiger partial charge >= 0.3 is 36.9 Å². The molecule has 2 N–H and O–H groups in total. The molecule has 0 aromatic carbocycles. The smallest absolute Gasteiger partial charge is 0.426 e. The summed E-state index contributed by atoms with van der Waals surface area (Å²) >= 11 is 0. The van der Waals surface area contributed by atoms with Crippen molar-refractivity contribution >= 4 is 5.97 Å². The molecular formula is C30H39F15O4. The standard InChI is InChI=1S/C17H21F9O3.C13H18F6O/c1-3-13(2,15(18,19)20)12(27)29-11-6-8-4-9(10(11)5-8)7-14(28,16(21,22)23)17(24,25)26;1-6-7(2)10-4-8(6)3-9(10)5-11(20,12(14,15)16)13(17,18)19/h8-11,28H,3-7H2,1-2H3;6-10,20H,3-5H2,1-2H3. The van der Waals surface area contributed by atoms with Crippen LogP contribution in [0.25, 0.3) is 0 Å². The van der Waals surface area contributed by atoms with Gasteiger partial charge in [0.15, 0.2) is 5.41 Å². The lowest BCUT2D eigenvalue weighted by Gasteiger charge is -2.39. The van der Waals surface area contributed by atoms with Crippen LogP contribution in [0.4, 0.5) is 65.9 Å². The molecule has 4 aliphatic carbocycles. The van der Waals surface area contributed by atoms with Crippen LogP contribution in [0, 0.1) is 52.8 Å². The monoisotopic (exact) mass is 748 g/mol. The maximum atomic E-state index is 13.2. The number of rotatable bonds is 7. The first-order valence-corrected chi connectivity index (χ1v) is 15.7. The van der Waals surface area contributed by atoms with E-state index in [4.69, 9.17) is 4.74 Å². The number of ether oxygens (including phenoxy) is 1. The second-order valence-corrected chi connectivity index (χ2v) is 14.6. The molecular weight excluding hydrogens is 709 g/mol. The lowest BCUT2D eigenvalue weighted by Crippen LogP contribution is -2.58. The summed E-state index contributed by atoms with van der Waals surface area (Å²) in [6, 6.07) is 0. The first kappa shape index (κ1) is 41.8. The van der Waals surface area contributed by atoms with Gasteiger partial charge in [-0.15, -0.1) is 0 Å². The highest BCUT2D eigenvalue weighted by Gasteiger charge is 2.73. The maximum Gasteiger partial charge on any atom is 0.426 e. The Morgan fingerprint density at radius 1 is 0.612 bits per heavy atom. The Morgan fingerprint density at radius 2 is 1.04 bits per heavy atom. The highest BCUT2D eigenvalue weighted by molar-refractivity contribution is 5.77. The number of halogens is 15. The molecule has 4 fully saturated rings. The van der Waals surface area contributed by atoms with Gasteiger partial charge in [-0.05, 0) is 106 Å². The van der Waals surface area contributed by atoms with Crippen molar-refractivity contribution in [1.82, 2.24) is 0 Å². The summed E-state index contributed by atoms with van der Waals surface area (Å²) in [7, 11) is 0. The zero-order chi connectivity index (χ0) is 38.1. The molecule has 0 amide bonds. The molecule has 0 aromatic rings. The van der Waals surface area contributed by atoms with Crippen LogP contribution < -0.4 is 0 Å². The van der Waals surface area contributed by atoms with Crippen molar-refractivity contribution in [2.75, 3.05) is 0 Å². The molecule has 10 atom stereocenters. The molecule has 4 bridgehead atoms. The topological polar surface area (TPSA) is 66.8 Å². The highest BCUT2D eigenvalue weighted by atomic mass is 19.4. The van der Waals surface area contributed by atoms with E-state index in [0.29, 0.717) is 25.7 Å². The minimum atomic E-state index is -5.98. The molecule has 0 radical (unpaired) electrons. The second kappa shape index (κ2) is 13.1. The normalized spacial score (nSPS) is 33.7. The van der Waals surface area contributed by atoms with E-state index in [1.165, 1.54) is 0 Å². The molecule has 0 aromatic heterocycles. The molecule has 49 heavy (non-hydrogen) atoms. The molecule has 4 nitrogen and oxygen atoms in total. The summed E-state index contributed by atoms with van der Waals surface area (Å²) < 4.78 is 198. The molecule has 0 saturated heterocycles. The van der Waals surface area contributed by atoms with Crippen molar-refractivity contribution < 1.29 is 85.6 Å². The summed E-state index contributed by atoms with van der Waals surface area (Å²) in [5.74, 6) is -4.48. The molecule has 4 aliphatic rings. The minimum absolute atomic E-state index is 0.0580. The van der Waals surface area contributed by atoms with E-state index in [9.17, 15) is 80.9 Å². The van der Waals surface area contributed by atoms with Crippen molar-refractivity contribution in [1.29, 1.82) is 0 Å². The number of alkyl halides is 15. The van der Waals surface area contributed by atoms with E-state index < -0.39 is 96.6 Å². The number of hydrogen-bond acceptors (Lipinski definition) is 4. The number of aliphatic hydroxyl groups is 2. The molecule has 0 heterocycles. The van der Waals surface area contributed by atoms with E-state index in [-0.39, 0.29) is 42.9 Å². The fourth-order valence-corrected chi connectivity index (χ4v) is 8.40. The largest absolute Gasteiger partial charge is 0.461 e. The number of fused-ring (bicyclic) bond motifs is 4. The Bertz CT molecular complexity index is 1140. The molecule has 19 heteroatoms. The molecule has 4 saturated carbocycles. The summed E-state index contributed by atoms with van der Waals surface area (Å²) in [5, 5.41) is 18.7. The van der Waals surface area contributed by atoms with E-state index in [1.54, 1.807) is 0 Å². The van der Waals surface area contributed by atoms with Crippen molar-refractivity contribution in [2.24, 2.45) is 52.8 Å². The first-order chi connectivity index (χ1) is 21.8. The van der Waals surface area contributed by atoms with Crippen LogP contribution in [-0.4, -0.2) is 64.4 Å². The van der Waals surface area contributed by atoms with Gasteiger partial charge in [-0.3, -0.25) is 4.79 Å². The molecule has 0 spiro atoms. The van der Waals surface area contributed by atoms with Gasteiger partial charge in [-0.25, -0.2) is 0 Å². The SMILES string of the molecule is CC1C2CC(CC(O)(C(F)(F)F)C(F)(F)F)C(C2)C1C.CCC(C)(C(=O)OC1CC2CC(CC(O)(C(F)(F)F)C(F)(F)F)C1C2)C(F)(F)F. The van der Waals surface area contributed by atoms with Gasteiger partial charge in [-0.1, -0.05) is 20.8 Å². The van der Waals surface area contributed by atoms with Crippen LogP contribution in [0.2, 0.25) is 0 Å². The third-order valence-corrected chi connectivity index (χ3v) is 12.0. The third kappa shape index (κ3) is 7.48. The van der Waals surface area contributed by atoms with Gasteiger partial charge in [0.1, 0.15) is 6.10 Å². The minimum Gasteiger partial charge on any atom is -0.461 e. The predicted octanol–water partition coefficient (Wildman–Crippen LogP) is 9.33. The van der Waals surface area contributed by atoms with Gasteiger partial charge in [-0.2, -0.15) is 65.9 Å². The van der Waals surface area contributed by atoms with Gasteiger partial charge in [0.05, 0.1) is 0 Å². The van der Waals surface area contributed by atoms with Crippen LogP contribution in [-0.2, 0) is 9.53 Å². The zero-order valence-corrected chi connectivity index (χ0v) is 26.7. The summed E-state index contributed by atoms with van der Waals surface area (Å²) in [6.45, 7) is 5.62. The summed E-state index contributed by atoms with van der Waals surface area (Å²) in [4.78, 5) is 12.1. The maximum absolute atomic E-state index is 13.2. The van der Waals surface area contributed by atoms with Crippen LogP contribution in [0.1, 0.15) is 79.1 Å². The zero-order valence-electron chi connectivity index (χ0n) is 26.7. The average Bonchev–Trinajstić information content (AvgIpc) is 3.67. The van der Waals surface area contributed by atoms with E-state index in [0.717, 1.165) is 6.92 Å². The fraction of sp³-hybridized carbons (Fsp3) is 0.967. The van der Waals surface area contributed by atoms with E-state index in [1.807, 2.05) is 13.8 Å². The number of carbonyl (C=O) groups is 1. The number of hydrogen-bond donors (Lipinski definition) is 2. The number of carbonyl (C=O) groups excluding carboxylic acids is 1. The van der Waals surface area contributed by atoms with Gasteiger partial charge in [0, 0.05) is 0 Å². The van der Waals surface area contributed by atoms with E-state index in [2.05, 4.69) is 0 Å². The predicted molar refractivity (Wildman–Crippen MR) is 140 cm³/mol. The van der Waals surface area contributed by atoms with E-state index >= 15 is 0 Å². The lowest BCUT2D eigenvalue weighted by molar-refractivity contribution is -0.374. The van der Waals surface area contributed by atoms with Gasteiger partial charge in [0.2, 0.25) is 0 Å². The van der Waals surface area contributed by atoms with Gasteiger partial charge < -0.3 is 14.9 Å². The summed E-state index contributed by atoms with van der Waals surface area (Å²) in [6.07, 6.45) is -31.9. The van der Waals surface area contributed by atoms with Gasteiger partial charge in [0.25, 0.3) is 11.2 Å². The number of esters is 1. The quantitative estimate of drug-likeness (QED) is 0.201. The van der Waals surface area contributed by atoms with Crippen molar-refractivity contribution in [3.63, 3.8) is 0 Å². The van der Waals surface area contributed by atoms with Crippen molar-refractivity contribution in [3.8, 4) is 0 Å². The fourth-order valence-electron chi connectivity index (χ4n) is 8.40. The molecule has 10 unspecified atom stereocenters. The third-order valence-electron chi connectivity index (χ3n) is 12.0. The summed E-state index contributed by atoms with van der Waals surface area (Å²) in [5.41, 5.74) is -12.4. The highest BCUT2D eigenvalue weighted by Crippen LogP contribution is 2.60. The Morgan fingerprint density at radius 3 is 1.37 bits per heavy atom.